The molecule has 3 amide bonds. The number of nitrogens with zero attached hydrogens (tertiary/aromatic N) is 1. The summed E-state index contributed by atoms with van der Waals surface area (Å²) in [5, 5.41) is 24.3. The fourth-order valence-electron chi connectivity index (χ4n) is 3.94. The zero-order valence-electron chi connectivity index (χ0n) is 21.1. The van der Waals surface area contributed by atoms with Gasteiger partial charge in [-0.3, -0.25) is 14.9 Å². The van der Waals surface area contributed by atoms with Gasteiger partial charge in [-0.1, -0.05) is 24.3 Å². The van der Waals surface area contributed by atoms with E-state index in [-0.39, 0.29) is 6.54 Å². The van der Waals surface area contributed by atoms with Crippen molar-refractivity contribution < 1.29 is 38.9 Å². The molecule has 1 heterocycles. The molecule has 2 aromatic rings. The lowest BCUT2D eigenvalue weighted by molar-refractivity contribution is -0.147. The van der Waals surface area contributed by atoms with E-state index in [1.165, 1.54) is 4.90 Å². The molecular weight excluding hydrogens is 482 g/mol. The molecule has 37 heavy (non-hydrogen) atoms. The Labute approximate surface area is 214 Å². The van der Waals surface area contributed by atoms with Crippen LogP contribution >= 0.6 is 0 Å². The lowest BCUT2D eigenvalue weighted by Crippen LogP contribution is -2.54. The lowest BCUT2D eigenvalue weighted by Gasteiger charge is -2.26. The monoisotopic (exact) mass is 513 g/mol. The zero-order chi connectivity index (χ0) is 27.3. The average Bonchev–Trinajstić information content (AvgIpc) is 3.18. The summed E-state index contributed by atoms with van der Waals surface area (Å²) in [5.74, 6) is -2.10. The van der Waals surface area contributed by atoms with Gasteiger partial charge < -0.3 is 29.9 Å². The van der Waals surface area contributed by atoms with E-state index in [4.69, 9.17) is 4.74 Å². The van der Waals surface area contributed by atoms with Crippen molar-refractivity contribution >= 4 is 29.6 Å². The third-order valence-electron chi connectivity index (χ3n) is 5.67. The number of aliphatic hydroxyl groups is 2. The summed E-state index contributed by atoms with van der Waals surface area (Å²) in [7, 11) is 1.11. The highest BCUT2D eigenvalue weighted by Crippen LogP contribution is 2.34. The standard InChI is InChI=1S/C26H31N3O8/c1-26(2,3)37-25(35)27-16-10-8-15(9-11-16)17-6-5-7-18-19(17)12-29(23(18)33)21(14-31)22(32)28-20(13-30)24(34)36-4/h5-11,20-21,30-31H,12-14H2,1-4H3,(H,27,35)(H,28,32)/t20-,21-/m0/s1. The molecule has 1 aliphatic rings. The van der Waals surface area contributed by atoms with Gasteiger partial charge in [0, 0.05) is 17.8 Å². The molecule has 2 atom stereocenters. The van der Waals surface area contributed by atoms with E-state index in [0.717, 1.165) is 18.2 Å². The number of hydrogen-bond donors (Lipinski definition) is 4. The molecule has 0 aliphatic carbocycles. The summed E-state index contributed by atoms with van der Waals surface area (Å²) < 4.78 is 9.80. The van der Waals surface area contributed by atoms with Gasteiger partial charge in [-0.25, -0.2) is 9.59 Å². The molecule has 0 bridgehead atoms. The number of carbonyl (C=O) groups is 4. The van der Waals surface area contributed by atoms with Gasteiger partial charge in [-0.05, 0) is 55.7 Å². The van der Waals surface area contributed by atoms with Crippen LogP contribution in [0.2, 0.25) is 0 Å². The van der Waals surface area contributed by atoms with E-state index in [2.05, 4.69) is 15.4 Å². The molecule has 4 N–H and O–H groups in total. The normalized spacial score (nSPS) is 14.4. The smallest absolute Gasteiger partial charge is 0.412 e. The number of nitrogens with one attached hydrogen (secondary N) is 2. The molecular formula is C26H31N3O8. The Morgan fingerprint density at radius 3 is 2.24 bits per heavy atom. The first-order chi connectivity index (χ1) is 17.5. The Kier molecular flexibility index (Phi) is 8.51. The topological polar surface area (TPSA) is 154 Å². The Morgan fingerprint density at radius 2 is 1.68 bits per heavy atom. The van der Waals surface area contributed by atoms with E-state index in [1.807, 2.05) is 6.07 Å². The first-order valence-electron chi connectivity index (χ1n) is 11.6. The van der Waals surface area contributed by atoms with Crippen LogP contribution in [0.3, 0.4) is 0 Å². The van der Waals surface area contributed by atoms with Crippen LogP contribution in [-0.2, 0) is 25.6 Å². The maximum Gasteiger partial charge on any atom is 0.412 e. The zero-order valence-corrected chi connectivity index (χ0v) is 21.1. The minimum Gasteiger partial charge on any atom is -0.467 e. The Morgan fingerprint density at radius 1 is 1.03 bits per heavy atom. The first-order valence-corrected chi connectivity index (χ1v) is 11.6. The van der Waals surface area contributed by atoms with E-state index in [9.17, 15) is 29.4 Å². The summed E-state index contributed by atoms with van der Waals surface area (Å²) in [6, 6.07) is 9.56. The van der Waals surface area contributed by atoms with Gasteiger partial charge in [0.05, 0.1) is 20.3 Å². The number of hydrogen-bond acceptors (Lipinski definition) is 8. The highest BCUT2D eigenvalue weighted by molar-refractivity contribution is 6.03. The highest BCUT2D eigenvalue weighted by atomic mass is 16.6. The van der Waals surface area contributed by atoms with Crippen molar-refractivity contribution in [2.75, 3.05) is 25.6 Å². The molecule has 2 aromatic carbocycles. The van der Waals surface area contributed by atoms with Crippen molar-refractivity contribution in [2.45, 2.75) is 45.0 Å². The number of carbonyl (C=O) groups excluding carboxylic acids is 4. The van der Waals surface area contributed by atoms with Gasteiger partial charge in [0.2, 0.25) is 5.91 Å². The molecule has 3 rings (SSSR count). The van der Waals surface area contributed by atoms with Crippen LogP contribution in [0, 0.1) is 0 Å². The van der Waals surface area contributed by atoms with Crippen molar-refractivity contribution in [3.8, 4) is 11.1 Å². The van der Waals surface area contributed by atoms with Gasteiger partial charge in [0.15, 0.2) is 6.04 Å². The number of methoxy groups -OCH3 is 1. The van der Waals surface area contributed by atoms with Gasteiger partial charge in [0.1, 0.15) is 11.6 Å². The van der Waals surface area contributed by atoms with Crippen LogP contribution in [0.15, 0.2) is 42.5 Å². The van der Waals surface area contributed by atoms with Crippen LogP contribution in [0.5, 0.6) is 0 Å². The first kappa shape index (κ1) is 27.6. The maximum atomic E-state index is 13.2. The van der Waals surface area contributed by atoms with E-state index >= 15 is 0 Å². The second-order valence-corrected chi connectivity index (χ2v) is 9.43. The predicted molar refractivity (Wildman–Crippen MR) is 134 cm³/mol. The largest absolute Gasteiger partial charge is 0.467 e. The van der Waals surface area contributed by atoms with Gasteiger partial charge in [-0.2, -0.15) is 0 Å². The molecule has 0 saturated heterocycles. The second-order valence-electron chi connectivity index (χ2n) is 9.43. The van der Waals surface area contributed by atoms with Gasteiger partial charge >= 0.3 is 12.1 Å². The number of fused-ring (bicyclic) bond motifs is 1. The number of ether oxygens (including phenoxy) is 2. The number of amides is 3. The Bertz CT molecular complexity index is 1170. The maximum absolute atomic E-state index is 13.2. The molecule has 0 radical (unpaired) electrons. The molecule has 0 saturated carbocycles. The van der Waals surface area contributed by atoms with Gasteiger partial charge in [0.25, 0.3) is 5.91 Å². The van der Waals surface area contributed by atoms with Crippen LogP contribution in [0.4, 0.5) is 10.5 Å². The molecule has 0 spiro atoms. The number of esters is 1. The molecule has 11 nitrogen and oxygen atoms in total. The Balaban J connectivity index is 1.80. The number of rotatable bonds is 8. The van der Waals surface area contributed by atoms with E-state index < -0.39 is 54.8 Å². The molecule has 11 heteroatoms. The van der Waals surface area contributed by atoms with E-state index in [0.29, 0.717) is 16.8 Å². The van der Waals surface area contributed by atoms with Crippen molar-refractivity contribution in [3.63, 3.8) is 0 Å². The summed E-state index contributed by atoms with van der Waals surface area (Å²) >= 11 is 0. The van der Waals surface area contributed by atoms with Crippen LogP contribution < -0.4 is 10.6 Å². The SMILES string of the molecule is COC(=O)[C@H](CO)NC(=O)[C@H](CO)N1Cc2c(cccc2-c2ccc(NC(=O)OC(C)(C)C)cc2)C1=O. The van der Waals surface area contributed by atoms with Crippen molar-refractivity contribution in [1.82, 2.24) is 10.2 Å². The van der Waals surface area contributed by atoms with Crippen molar-refractivity contribution in [3.05, 3.63) is 53.6 Å². The number of benzene rings is 2. The molecule has 1 aliphatic heterocycles. The third kappa shape index (κ3) is 6.43. The van der Waals surface area contributed by atoms with Crippen LogP contribution in [-0.4, -0.2) is 77.0 Å². The van der Waals surface area contributed by atoms with E-state index in [1.54, 1.807) is 57.2 Å². The molecule has 198 valence electrons. The molecule has 0 aromatic heterocycles. The fraction of sp³-hybridized carbons (Fsp3) is 0.385. The minimum atomic E-state index is -1.32. The third-order valence-corrected chi connectivity index (χ3v) is 5.67. The quantitative estimate of drug-likeness (QED) is 0.389. The molecule has 0 unspecified atom stereocenters. The van der Waals surface area contributed by atoms with Crippen molar-refractivity contribution in [1.29, 1.82) is 0 Å². The fourth-order valence-corrected chi connectivity index (χ4v) is 3.94. The Hall–Kier alpha value is -3.96. The summed E-state index contributed by atoms with van der Waals surface area (Å²) in [5.41, 5.74) is 2.47. The van der Waals surface area contributed by atoms with Crippen LogP contribution in [0.1, 0.15) is 36.7 Å². The van der Waals surface area contributed by atoms with Gasteiger partial charge in [-0.15, -0.1) is 0 Å². The number of anilines is 1. The lowest BCUT2D eigenvalue weighted by atomic mass is 9.97. The average molecular weight is 514 g/mol. The summed E-state index contributed by atoms with van der Waals surface area (Å²) in [6.45, 7) is 3.96. The molecule has 0 fully saturated rings. The summed E-state index contributed by atoms with van der Waals surface area (Å²) in [4.78, 5) is 50.9. The number of aliphatic hydroxyl groups excluding tert-OH is 2. The summed E-state index contributed by atoms with van der Waals surface area (Å²) in [6.07, 6.45) is -0.578. The second kappa shape index (κ2) is 11.4. The van der Waals surface area contributed by atoms with Crippen molar-refractivity contribution in [2.24, 2.45) is 0 Å². The minimum absolute atomic E-state index is 0.0446. The highest BCUT2D eigenvalue weighted by Gasteiger charge is 2.38. The van der Waals surface area contributed by atoms with Crippen LogP contribution in [0.25, 0.3) is 11.1 Å². The predicted octanol–water partition coefficient (Wildman–Crippen LogP) is 1.67.